The van der Waals surface area contributed by atoms with E-state index in [4.69, 9.17) is 0 Å². The third-order valence-electron chi connectivity index (χ3n) is 2.36. The van der Waals surface area contributed by atoms with Crippen molar-refractivity contribution in [2.75, 3.05) is 0 Å². The van der Waals surface area contributed by atoms with Crippen molar-refractivity contribution in [3.05, 3.63) is 31.4 Å². The third kappa shape index (κ3) is 13.0. The fourth-order valence-corrected chi connectivity index (χ4v) is 1.55. The summed E-state index contributed by atoms with van der Waals surface area (Å²) >= 11 is 0. The van der Waals surface area contributed by atoms with E-state index in [2.05, 4.69) is 41.4 Å². The Morgan fingerprint density at radius 1 is 1.21 bits per heavy atom. The molecule has 0 aliphatic heterocycles. The van der Waals surface area contributed by atoms with E-state index in [0.717, 1.165) is 13.1 Å². The molecular formula is C12H21BF4N2. The van der Waals surface area contributed by atoms with E-state index in [0.29, 0.717) is 0 Å². The van der Waals surface area contributed by atoms with Gasteiger partial charge in [-0.3, -0.25) is 0 Å². The van der Waals surface area contributed by atoms with Crippen molar-refractivity contribution >= 4 is 7.25 Å². The number of nitrogens with zero attached hydrogens (tertiary/aromatic N) is 2. The summed E-state index contributed by atoms with van der Waals surface area (Å²) in [5, 5.41) is 0. The topological polar surface area (TPSA) is 8.81 Å². The Morgan fingerprint density at radius 2 is 1.84 bits per heavy atom. The van der Waals surface area contributed by atoms with Crippen LogP contribution < -0.4 is 4.57 Å². The predicted molar refractivity (Wildman–Crippen MR) is 69.2 cm³/mol. The molecule has 7 heteroatoms. The summed E-state index contributed by atoms with van der Waals surface area (Å²) in [6.07, 6.45) is 13.6. The fraction of sp³-hybridized carbons (Fsp3) is 0.583. The van der Waals surface area contributed by atoms with Crippen LogP contribution in [0.4, 0.5) is 17.3 Å². The van der Waals surface area contributed by atoms with Gasteiger partial charge >= 0.3 is 7.25 Å². The predicted octanol–water partition coefficient (Wildman–Crippen LogP) is 3.84. The highest BCUT2D eigenvalue weighted by Crippen LogP contribution is 2.06. The van der Waals surface area contributed by atoms with E-state index in [1.807, 2.05) is 6.08 Å². The molecule has 0 spiro atoms. The van der Waals surface area contributed by atoms with Crippen LogP contribution in [0.1, 0.15) is 32.6 Å². The van der Waals surface area contributed by atoms with E-state index in [-0.39, 0.29) is 0 Å². The smallest absolute Gasteiger partial charge is 0.418 e. The van der Waals surface area contributed by atoms with Gasteiger partial charge in [0.1, 0.15) is 18.9 Å². The lowest BCUT2D eigenvalue weighted by molar-refractivity contribution is -0.696. The minimum absolute atomic E-state index is 0.905. The zero-order valence-electron chi connectivity index (χ0n) is 11.2. The van der Waals surface area contributed by atoms with Gasteiger partial charge in [0.25, 0.3) is 0 Å². The molecule has 0 aromatic carbocycles. The van der Waals surface area contributed by atoms with Gasteiger partial charge in [0.05, 0.1) is 6.54 Å². The van der Waals surface area contributed by atoms with Crippen LogP contribution in [0.3, 0.4) is 0 Å². The number of imidazole rings is 1. The van der Waals surface area contributed by atoms with Crippen LogP contribution in [-0.4, -0.2) is 11.8 Å². The second-order valence-electron chi connectivity index (χ2n) is 4.19. The standard InChI is InChI=1S/C12H21N2.BF4/c1-3-5-6-7-9-14-11-10-13(12-14)8-4-2;2-1(3,4)5/h4,10-12H,2-3,5-9H2,1H3;/q+1;-1. The number of hydrogen-bond donors (Lipinski definition) is 0. The van der Waals surface area contributed by atoms with Gasteiger partial charge in [-0.2, -0.15) is 0 Å². The molecule has 1 aromatic rings. The highest BCUT2D eigenvalue weighted by atomic mass is 19.5. The molecule has 0 aliphatic carbocycles. The molecule has 0 saturated heterocycles. The van der Waals surface area contributed by atoms with Crippen LogP contribution >= 0.6 is 0 Å². The quantitative estimate of drug-likeness (QED) is 0.236. The van der Waals surface area contributed by atoms with E-state index in [1.54, 1.807) is 0 Å². The maximum absolute atomic E-state index is 9.75. The molecule has 0 fully saturated rings. The van der Waals surface area contributed by atoms with Crippen LogP contribution in [0, 0.1) is 0 Å². The van der Waals surface area contributed by atoms with Crippen LogP contribution in [0.25, 0.3) is 0 Å². The summed E-state index contributed by atoms with van der Waals surface area (Å²) in [6, 6.07) is 0. The van der Waals surface area contributed by atoms with Crippen molar-refractivity contribution in [2.45, 2.75) is 45.7 Å². The van der Waals surface area contributed by atoms with Crippen molar-refractivity contribution in [3.63, 3.8) is 0 Å². The molecule has 0 atom stereocenters. The van der Waals surface area contributed by atoms with Gasteiger partial charge in [-0.25, -0.2) is 9.13 Å². The Bertz CT molecular complexity index is 344. The molecule has 1 rings (SSSR count). The Kier molecular flexibility index (Phi) is 9.00. The largest absolute Gasteiger partial charge is 0.673 e. The molecule has 1 heterocycles. The zero-order chi connectivity index (χ0) is 14.7. The highest BCUT2D eigenvalue weighted by molar-refractivity contribution is 6.50. The van der Waals surface area contributed by atoms with Crippen LogP contribution in [0.15, 0.2) is 31.4 Å². The van der Waals surface area contributed by atoms with E-state index >= 15 is 0 Å². The zero-order valence-corrected chi connectivity index (χ0v) is 11.2. The monoisotopic (exact) mass is 280 g/mol. The van der Waals surface area contributed by atoms with Gasteiger partial charge in [0.2, 0.25) is 6.33 Å². The molecule has 110 valence electrons. The molecule has 0 saturated carbocycles. The van der Waals surface area contributed by atoms with Crippen molar-refractivity contribution in [2.24, 2.45) is 0 Å². The summed E-state index contributed by atoms with van der Waals surface area (Å²) in [5.41, 5.74) is 0. The number of aryl methyl sites for hydroxylation is 1. The lowest BCUT2D eigenvalue weighted by atomic mass is 10.2. The van der Waals surface area contributed by atoms with Crippen molar-refractivity contribution in [1.29, 1.82) is 0 Å². The average Bonchev–Trinajstić information content (AvgIpc) is 2.71. The Hall–Kier alpha value is -1.27. The van der Waals surface area contributed by atoms with E-state index in [1.165, 1.54) is 25.7 Å². The Morgan fingerprint density at radius 3 is 2.37 bits per heavy atom. The minimum atomic E-state index is -6.00. The number of hydrogen-bond acceptors (Lipinski definition) is 0. The Balaban J connectivity index is 0.000000555. The second kappa shape index (κ2) is 9.64. The summed E-state index contributed by atoms with van der Waals surface area (Å²) in [4.78, 5) is 0. The van der Waals surface area contributed by atoms with Gasteiger partial charge in [-0.1, -0.05) is 32.4 Å². The van der Waals surface area contributed by atoms with Gasteiger partial charge in [0, 0.05) is 0 Å². The highest BCUT2D eigenvalue weighted by Gasteiger charge is 2.20. The maximum Gasteiger partial charge on any atom is 0.673 e. The van der Waals surface area contributed by atoms with Crippen LogP contribution in [0.2, 0.25) is 0 Å². The lowest BCUT2D eigenvalue weighted by Gasteiger charge is -1.95. The fourth-order valence-electron chi connectivity index (χ4n) is 1.55. The first-order valence-corrected chi connectivity index (χ1v) is 6.40. The molecule has 0 bridgehead atoms. The van der Waals surface area contributed by atoms with Crippen molar-refractivity contribution in [1.82, 2.24) is 4.57 Å². The third-order valence-corrected chi connectivity index (χ3v) is 2.36. The number of allylic oxidation sites excluding steroid dienone is 1. The van der Waals surface area contributed by atoms with Crippen LogP contribution in [-0.2, 0) is 13.1 Å². The number of halogens is 4. The molecule has 0 N–H and O–H groups in total. The summed E-state index contributed by atoms with van der Waals surface area (Å²) < 4.78 is 43.4. The average molecular weight is 280 g/mol. The summed E-state index contributed by atoms with van der Waals surface area (Å²) in [6.45, 7) is 8.01. The van der Waals surface area contributed by atoms with E-state index < -0.39 is 7.25 Å². The lowest BCUT2D eigenvalue weighted by Crippen LogP contribution is -2.30. The molecule has 1 aromatic heterocycles. The number of unbranched alkanes of at least 4 members (excludes halogenated alkanes) is 3. The molecule has 0 radical (unpaired) electrons. The molecular weight excluding hydrogens is 259 g/mol. The van der Waals surface area contributed by atoms with Gasteiger partial charge < -0.3 is 17.3 Å². The summed E-state index contributed by atoms with van der Waals surface area (Å²) in [5.74, 6) is 0. The van der Waals surface area contributed by atoms with Gasteiger partial charge in [-0.15, -0.1) is 0 Å². The Labute approximate surface area is 111 Å². The van der Waals surface area contributed by atoms with Crippen molar-refractivity contribution < 1.29 is 21.8 Å². The molecule has 19 heavy (non-hydrogen) atoms. The molecule has 0 unspecified atom stereocenters. The van der Waals surface area contributed by atoms with Crippen molar-refractivity contribution in [3.8, 4) is 0 Å². The molecule has 0 amide bonds. The first-order chi connectivity index (χ1) is 8.86. The first-order valence-electron chi connectivity index (χ1n) is 6.40. The van der Waals surface area contributed by atoms with Crippen LogP contribution in [0.5, 0.6) is 0 Å². The second-order valence-corrected chi connectivity index (χ2v) is 4.19. The first kappa shape index (κ1) is 17.7. The van der Waals surface area contributed by atoms with Gasteiger partial charge in [-0.05, 0) is 12.8 Å². The molecule has 0 aliphatic rings. The normalized spacial score (nSPS) is 10.8. The van der Waals surface area contributed by atoms with E-state index in [9.17, 15) is 17.3 Å². The summed E-state index contributed by atoms with van der Waals surface area (Å²) in [7, 11) is -6.00. The molecule has 2 nitrogen and oxygen atoms in total. The number of aromatic nitrogens is 2. The van der Waals surface area contributed by atoms with Gasteiger partial charge in [0.15, 0.2) is 0 Å². The number of rotatable bonds is 7. The minimum Gasteiger partial charge on any atom is -0.418 e. The SMILES string of the molecule is C=CCn1cc[n+](CCCCCC)c1.F[B-](F)(F)F. The maximum atomic E-state index is 9.75.